The van der Waals surface area contributed by atoms with E-state index in [4.69, 9.17) is 0 Å². The Morgan fingerprint density at radius 3 is 2.92 bits per heavy atom. The lowest BCUT2D eigenvalue weighted by Crippen LogP contribution is -1.78. The molecule has 0 saturated heterocycles. The molecule has 0 aliphatic heterocycles. The summed E-state index contributed by atoms with van der Waals surface area (Å²) >= 11 is 10.4. The summed E-state index contributed by atoms with van der Waals surface area (Å²) in [6, 6.07) is 4.35. The average Bonchev–Trinajstić information content (AvgIpc) is 2.49. The van der Waals surface area contributed by atoms with E-state index in [0.29, 0.717) is 0 Å². The lowest BCUT2D eigenvalue weighted by molar-refractivity contribution is 1.44. The lowest BCUT2D eigenvalue weighted by Gasteiger charge is -2.02. The minimum absolute atomic E-state index is 1.10. The van der Waals surface area contributed by atoms with E-state index < -0.39 is 0 Å². The van der Waals surface area contributed by atoms with Gasteiger partial charge < -0.3 is 0 Å². The first kappa shape index (κ1) is 10.1. The molecule has 0 fully saturated rings. The van der Waals surface area contributed by atoms with Gasteiger partial charge in [-0.25, -0.2) is 0 Å². The fourth-order valence-corrected chi connectivity index (χ4v) is 4.81. The molecule has 0 bridgehead atoms. The van der Waals surface area contributed by atoms with Crippen molar-refractivity contribution in [2.75, 3.05) is 6.26 Å². The van der Waals surface area contributed by atoms with Crippen LogP contribution in [0.3, 0.4) is 0 Å². The Morgan fingerprint density at radius 1 is 1.46 bits per heavy atom. The summed E-state index contributed by atoms with van der Waals surface area (Å²) in [5, 5.41) is 3.40. The number of thioether (sulfide) groups is 1. The third-order valence-corrected chi connectivity index (χ3v) is 5.58. The van der Waals surface area contributed by atoms with Crippen molar-refractivity contribution in [2.24, 2.45) is 0 Å². The smallest absolute Gasteiger partial charge is 0.0365 e. The molecule has 0 spiro atoms. The number of hydrogen-bond donors (Lipinski definition) is 1. The first-order valence-corrected chi connectivity index (χ1v) is 7.29. The van der Waals surface area contributed by atoms with Crippen molar-refractivity contribution in [1.29, 1.82) is 0 Å². The molecule has 0 aliphatic rings. The summed E-state index contributed by atoms with van der Waals surface area (Å²) in [7, 11) is 0. The molecule has 1 aromatic heterocycles. The van der Waals surface area contributed by atoms with Gasteiger partial charge in [0.2, 0.25) is 0 Å². The lowest BCUT2D eigenvalue weighted by atomic mass is 10.3. The molecule has 2 aromatic rings. The minimum Gasteiger partial charge on any atom is -0.143 e. The quantitative estimate of drug-likeness (QED) is 0.453. The van der Waals surface area contributed by atoms with Crippen LogP contribution in [-0.2, 0) is 0 Å². The highest BCUT2D eigenvalue weighted by Crippen LogP contribution is 2.36. The summed E-state index contributed by atoms with van der Waals surface area (Å²) in [5.41, 5.74) is 0. The van der Waals surface area contributed by atoms with Gasteiger partial charge in [0.25, 0.3) is 0 Å². The minimum atomic E-state index is 1.10. The Balaban J connectivity index is 2.83. The summed E-state index contributed by atoms with van der Waals surface area (Å²) in [5.74, 6) is 0. The van der Waals surface area contributed by atoms with E-state index in [0.717, 1.165) is 4.90 Å². The molecule has 0 saturated carbocycles. The number of rotatable bonds is 1. The summed E-state index contributed by atoms with van der Waals surface area (Å²) in [6.07, 6.45) is 2.11. The maximum Gasteiger partial charge on any atom is 0.0365 e. The van der Waals surface area contributed by atoms with E-state index in [1.54, 1.807) is 23.1 Å². The van der Waals surface area contributed by atoms with Gasteiger partial charge in [0.05, 0.1) is 0 Å². The zero-order chi connectivity index (χ0) is 9.42. The molecule has 4 heteroatoms. The Labute approximate surface area is 105 Å². The van der Waals surface area contributed by atoms with Crippen LogP contribution in [0.2, 0.25) is 0 Å². The van der Waals surface area contributed by atoms with Gasteiger partial charge in [0, 0.05) is 28.8 Å². The van der Waals surface area contributed by atoms with Crippen LogP contribution in [0, 0.1) is 3.57 Å². The molecule has 0 amide bonds. The number of fused-ring (bicyclic) bond motifs is 1. The Kier molecular flexibility index (Phi) is 3.12. The number of thiophene rings is 1. The van der Waals surface area contributed by atoms with Crippen LogP contribution in [0.15, 0.2) is 27.3 Å². The van der Waals surface area contributed by atoms with E-state index in [2.05, 4.69) is 59.0 Å². The predicted octanol–water partition coefficient (Wildman–Crippen LogP) is 4.52. The van der Waals surface area contributed by atoms with Crippen LogP contribution < -0.4 is 0 Å². The average molecular weight is 338 g/mol. The second kappa shape index (κ2) is 4.00. The van der Waals surface area contributed by atoms with E-state index in [-0.39, 0.29) is 0 Å². The standard InChI is InChI=1S/C9H7IS3/c1-12-7-3-2-6-8(9(7)10)5(11)4-13-6/h2-4,11H,1H3. The fraction of sp³-hybridized carbons (Fsp3) is 0.111. The first-order valence-electron chi connectivity index (χ1n) is 3.66. The summed E-state index contributed by atoms with van der Waals surface area (Å²) in [6.45, 7) is 0. The second-order valence-electron chi connectivity index (χ2n) is 2.58. The van der Waals surface area contributed by atoms with E-state index in [9.17, 15) is 0 Å². The molecule has 13 heavy (non-hydrogen) atoms. The Morgan fingerprint density at radius 2 is 2.23 bits per heavy atom. The molecule has 0 aliphatic carbocycles. The molecule has 0 unspecified atom stereocenters. The van der Waals surface area contributed by atoms with Crippen molar-refractivity contribution < 1.29 is 0 Å². The molecular weight excluding hydrogens is 331 g/mol. The molecule has 0 nitrogen and oxygen atoms in total. The van der Waals surface area contributed by atoms with Crippen LogP contribution in [-0.4, -0.2) is 6.26 Å². The number of benzene rings is 1. The van der Waals surface area contributed by atoms with Crippen molar-refractivity contribution in [2.45, 2.75) is 9.79 Å². The van der Waals surface area contributed by atoms with Gasteiger partial charge >= 0.3 is 0 Å². The first-order chi connectivity index (χ1) is 6.24. The third kappa shape index (κ3) is 1.73. The van der Waals surface area contributed by atoms with Gasteiger partial charge in [0.1, 0.15) is 0 Å². The Hall–Kier alpha value is 0.610. The van der Waals surface area contributed by atoms with Crippen LogP contribution >= 0.6 is 58.3 Å². The molecule has 0 radical (unpaired) electrons. The maximum absolute atomic E-state index is 4.45. The van der Waals surface area contributed by atoms with Crippen LogP contribution in [0.1, 0.15) is 0 Å². The predicted molar refractivity (Wildman–Crippen MR) is 73.6 cm³/mol. The SMILES string of the molecule is CSc1ccc2scc(S)c2c1I. The molecular formula is C9H7IS3. The molecule has 0 N–H and O–H groups in total. The van der Waals surface area contributed by atoms with Crippen molar-refractivity contribution >= 4 is 68.4 Å². The van der Waals surface area contributed by atoms with E-state index in [1.807, 2.05) is 0 Å². The second-order valence-corrected chi connectivity index (χ2v) is 5.90. The van der Waals surface area contributed by atoms with Gasteiger partial charge in [-0.05, 0) is 41.0 Å². The monoisotopic (exact) mass is 338 g/mol. The van der Waals surface area contributed by atoms with Gasteiger partial charge in [-0.15, -0.1) is 35.7 Å². The molecule has 68 valence electrons. The zero-order valence-electron chi connectivity index (χ0n) is 6.87. The van der Waals surface area contributed by atoms with E-state index >= 15 is 0 Å². The number of hydrogen-bond acceptors (Lipinski definition) is 3. The van der Waals surface area contributed by atoms with Crippen molar-refractivity contribution in [1.82, 2.24) is 0 Å². The Bertz CT molecular complexity index is 447. The van der Waals surface area contributed by atoms with E-state index in [1.165, 1.54) is 18.6 Å². The van der Waals surface area contributed by atoms with Gasteiger partial charge in [0.15, 0.2) is 0 Å². The highest BCUT2D eigenvalue weighted by atomic mass is 127. The molecule has 2 rings (SSSR count). The summed E-state index contributed by atoms with van der Waals surface area (Å²) < 4.78 is 2.65. The number of halogens is 1. The van der Waals surface area contributed by atoms with Crippen molar-refractivity contribution in [3.63, 3.8) is 0 Å². The molecule has 0 atom stereocenters. The van der Waals surface area contributed by atoms with Crippen LogP contribution in [0.5, 0.6) is 0 Å². The highest BCUT2D eigenvalue weighted by molar-refractivity contribution is 14.1. The topological polar surface area (TPSA) is 0 Å². The van der Waals surface area contributed by atoms with Crippen LogP contribution in [0.25, 0.3) is 10.1 Å². The summed E-state index contributed by atoms with van der Waals surface area (Å²) in [4.78, 5) is 2.43. The van der Waals surface area contributed by atoms with Crippen molar-refractivity contribution in [3.8, 4) is 0 Å². The number of thiol groups is 1. The van der Waals surface area contributed by atoms with Crippen LogP contribution in [0.4, 0.5) is 0 Å². The van der Waals surface area contributed by atoms with Gasteiger partial charge in [-0.3, -0.25) is 0 Å². The van der Waals surface area contributed by atoms with Gasteiger partial charge in [-0.1, -0.05) is 0 Å². The van der Waals surface area contributed by atoms with Crippen molar-refractivity contribution in [3.05, 3.63) is 21.1 Å². The fourth-order valence-electron chi connectivity index (χ4n) is 1.21. The maximum atomic E-state index is 4.45. The zero-order valence-corrected chi connectivity index (χ0v) is 11.6. The molecule has 1 aromatic carbocycles. The molecule has 1 heterocycles. The highest BCUT2D eigenvalue weighted by Gasteiger charge is 2.08. The third-order valence-electron chi connectivity index (χ3n) is 1.84. The van der Waals surface area contributed by atoms with Gasteiger partial charge in [-0.2, -0.15) is 0 Å². The normalized spacial score (nSPS) is 11.0. The largest absolute Gasteiger partial charge is 0.143 e.